The summed E-state index contributed by atoms with van der Waals surface area (Å²) < 4.78 is 1.89. The molecule has 0 amide bonds. The summed E-state index contributed by atoms with van der Waals surface area (Å²) in [6.07, 6.45) is 0. The van der Waals surface area contributed by atoms with Gasteiger partial charge in [0.25, 0.3) is 0 Å². The maximum Gasteiger partial charge on any atom is 0.243 e. The largest absolute Gasteiger partial charge is 0.317 e. The standard InChI is InChI=1S/C18H12N4/c19-11-14-13(12-6-2-1-3-7-12)10-17-21-15-8-4-5-9-16(15)22(17)18(14)20/h1-10H,(H2,20,21)/p+1. The van der Waals surface area contributed by atoms with Gasteiger partial charge in [0, 0.05) is 11.6 Å². The number of nitrogens with two attached hydrogens (primary N) is 1. The second-order valence-corrected chi connectivity index (χ2v) is 5.16. The van der Waals surface area contributed by atoms with Crippen molar-refractivity contribution < 1.29 is 4.40 Å². The highest BCUT2D eigenvalue weighted by atomic mass is 15.1. The topological polar surface area (TPSA) is 69.7 Å². The molecule has 22 heavy (non-hydrogen) atoms. The van der Waals surface area contributed by atoms with E-state index in [0.717, 1.165) is 27.8 Å². The fourth-order valence-corrected chi connectivity index (χ4v) is 2.88. The predicted octanol–water partition coefficient (Wildman–Crippen LogP) is 3.03. The van der Waals surface area contributed by atoms with Crippen LogP contribution in [0.2, 0.25) is 0 Å². The van der Waals surface area contributed by atoms with Crippen LogP contribution in [0.4, 0.5) is 5.82 Å². The second-order valence-electron chi connectivity index (χ2n) is 5.16. The van der Waals surface area contributed by atoms with Gasteiger partial charge in [0.05, 0.1) is 0 Å². The first-order valence-corrected chi connectivity index (χ1v) is 7.00. The molecule has 0 saturated heterocycles. The number of nitrogens with one attached hydrogen (secondary N) is 1. The molecule has 0 aliphatic heterocycles. The van der Waals surface area contributed by atoms with Gasteiger partial charge in [-0.15, -0.1) is 0 Å². The Kier molecular flexibility index (Phi) is 2.60. The van der Waals surface area contributed by atoms with E-state index in [1.807, 2.05) is 65.1 Å². The number of H-pyrrole nitrogens is 1. The summed E-state index contributed by atoms with van der Waals surface area (Å²) in [6.45, 7) is 0. The van der Waals surface area contributed by atoms with Crippen molar-refractivity contribution in [1.29, 1.82) is 5.26 Å². The fraction of sp³-hybridized carbons (Fsp3) is 0. The van der Waals surface area contributed by atoms with E-state index < -0.39 is 0 Å². The first-order chi connectivity index (χ1) is 10.8. The number of aromatic nitrogens is 2. The Morgan fingerprint density at radius 2 is 1.73 bits per heavy atom. The fourth-order valence-electron chi connectivity index (χ4n) is 2.88. The maximum absolute atomic E-state index is 9.58. The van der Waals surface area contributed by atoms with Crippen molar-refractivity contribution in [3.8, 4) is 17.2 Å². The van der Waals surface area contributed by atoms with Crippen LogP contribution in [0.25, 0.3) is 27.8 Å². The molecule has 2 aromatic heterocycles. The lowest BCUT2D eigenvalue weighted by atomic mass is 10.0. The zero-order chi connectivity index (χ0) is 15.1. The normalized spacial score (nSPS) is 10.9. The van der Waals surface area contributed by atoms with Crippen LogP contribution in [0.15, 0.2) is 60.7 Å². The molecule has 4 rings (SSSR count). The van der Waals surface area contributed by atoms with E-state index in [-0.39, 0.29) is 0 Å². The Morgan fingerprint density at radius 3 is 2.50 bits per heavy atom. The number of hydrogen-bond donors (Lipinski definition) is 2. The number of benzene rings is 2. The first kappa shape index (κ1) is 12.4. The van der Waals surface area contributed by atoms with Crippen molar-refractivity contribution in [2.24, 2.45) is 0 Å². The number of fused-ring (bicyclic) bond motifs is 3. The van der Waals surface area contributed by atoms with Crippen molar-refractivity contribution in [2.45, 2.75) is 0 Å². The van der Waals surface area contributed by atoms with E-state index in [0.29, 0.717) is 11.4 Å². The molecule has 0 bridgehead atoms. The van der Waals surface area contributed by atoms with Crippen LogP contribution < -0.4 is 10.1 Å². The number of hydrogen-bond acceptors (Lipinski definition) is 2. The molecule has 0 unspecified atom stereocenters. The van der Waals surface area contributed by atoms with Crippen LogP contribution in [0.5, 0.6) is 0 Å². The Labute approximate surface area is 127 Å². The SMILES string of the molecule is N#Cc1c(-c2ccccc2)cc2[nH]c3ccccc3[n+]2c1N. The zero-order valence-corrected chi connectivity index (χ0v) is 11.7. The molecule has 4 aromatic rings. The van der Waals surface area contributed by atoms with Crippen LogP contribution in [0.3, 0.4) is 0 Å². The number of pyridine rings is 1. The summed E-state index contributed by atoms with van der Waals surface area (Å²) in [7, 11) is 0. The van der Waals surface area contributed by atoms with Gasteiger partial charge in [-0.3, -0.25) is 4.98 Å². The molecule has 0 fully saturated rings. The van der Waals surface area contributed by atoms with E-state index in [4.69, 9.17) is 5.73 Å². The average molecular weight is 285 g/mol. The van der Waals surface area contributed by atoms with Crippen LogP contribution in [-0.2, 0) is 0 Å². The molecule has 4 nitrogen and oxygen atoms in total. The molecular formula is C18H13N4+. The van der Waals surface area contributed by atoms with Gasteiger partial charge in [0.2, 0.25) is 11.5 Å². The highest BCUT2D eigenvalue weighted by Gasteiger charge is 2.20. The van der Waals surface area contributed by atoms with E-state index in [1.54, 1.807) is 0 Å². The summed E-state index contributed by atoms with van der Waals surface area (Å²) in [5.74, 6) is 0.455. The van der Waals surface area contributed by atoms with E-state index >= 15 is 0 Å². The number of aromatic amines is 1. The number of anilines is 1. The van der Waals surface area contributed by atoms with Gasteiger partial charge in [-0.1, -0.05) is 42.5 Å². The van der Waals surface area contributed by atoms with Gasteiger partial charge in [-0.05, 0) is 17.7 Å². The number of nitrogens with zero attached hydrogens (tertiary/aromatic N) is 2. The molecule has 104 valence electrons. The molecular weight excluding hydrogens is 272 g/mol. The Balaban J connectivity index is 2.16. The van der Waals surface area contributed by atoms with Crippen molar-refractivity contribution in [3.05, 3.63) is 66.2 Å². The van der Waals surface area contributed by atoms with E-state index in [9.17, 15) is 5.26 Å². The maximum atomic E-state index is 9.58. The molecule has 0 atom stereocenters. The van der Waals surface area contributed by atoms with Gasteiger partial charge in [0.15, 0.2) is 0 Å². The van der Waals surface area contributed by atoms with Gasteiger partial charge < -0.3 is 5.73 Å². The van der Waals surface area contributed by atoms with Gasteiger partial charge in [0.1, 0.15) is 22.7 Å². The Hall–Kier alpha value is -3.32. The number of nitrogen functional groups attached to an aromatic ring is 1. The first-order valence-electron chi connectivity index (χ1n) is 7.00. The Bertz CT molecular complexity index is 1040. The van der Waals surface area contributed by atoms with Crippen molar-refractivity contribution in [3.63, 3.8) is 0 Å². The summed E-state index contributed by atoms with van der Waals surface area (Å²) in [5, 5.41) is 9.58. The predicted molar refractivity (Wildman–Crippen MR) is 86.0 cm³/mol. The Morgan fingerprint density at radius 1 is 1.00 bits per heavy atom. The number of rotatable bonds is 1. The minimum absolute atomic E-state index is 0.455. The van der Waals surface area contributed by atoms with Crippen LogP contribution in [0, 0.1) is 11.3 Å². The molecule has 3 N–H and O–H groups in total. The van der Waals surface area contributed by atoms with Gasteiger partial charge >= 0.3 is 0 Å². The quantitative estimate of drug-likeness (QED) is 0.528. The third kappa shape index (κ3) is 1.66. The lowest BCUT2D eigenvalue weighted by Crippen LogP contribution is -2.26. The number of nitriles is 1. The molecule has 0 saturated carbocycles. The van der Waals surface area contributed by atoms with Crippen molar-refractivity contribution in [2.75, 3.05) is 5.73 Å². The van der Waals surface area contributed by atoms with E-state index in [2.05, 4.69) is 11.1 Å². The molecule has 0 radical (unpaired) electrons. The molecule has 0 aliphatic carbocycles. The molecule has 2 heterocycles. The van der Waals surface area contributed by atoms with Crippen LogP contribution in [0.1, 0.15) is 5.56 Å². The molecule has 4 heteroatoms. The van der Waals surface area contributed by atoms with Crippen LogP contribution in [-0.4, -0.2) is 4.98 Å². The van der Waals surface area contributed by atoms with Crippen LogP contribution >= 0.6 is 0 Å². The minimum Gasteiger partial charge on any atom is -0.317 e. The smallest absolute Gasteiger partial charge is 0.243 e. The lowest BCUT2D eigenvalue weighted by Gasteiger charge is -2.05. The monoisotopic (exact) mass is 285 g/mol. The molecule has 0 spiro atoms. The highest BCUT2D eigenvalue weighted by Crippen LogP contribution is 2.27. The lowest BCUT2D eigenvalue weighted by molar-refractivity contribution is -0.464. The number of imidazole rings is 1. The van der Waals surface area contributed by atoms with Crippen molar-refractivity contribution >= 4 is 22.5 Å². The third-order valence-electron chi connectivity index (χ3n) is 3.89. The summed E-state index contributed by atoms with van der Waals surface area (Å²) in [4.78, 5) is 3.35. The highest BCUT2D eigenvalue weighted by molar-refractivity contribution is 5.81. The van der Waals surface area contributed by atoms with Crippen molar-refractivity contribution in [1.82, 2.24) is 4.98 Å². The summed E-state index contributed by atoms with van der Waals surface area (Å²) in [5.41, 5.74) is 11.4. The third-order valence-corrected chi connectivity index (χ3v) is 3.89. The van der Waals surface area contributed by atoms with Gasteiger partial charge in [-0.2, -0.15) is 9.66 Å². The molecule has 0 aliphatic rings. The number of para-hydroxylation sites is 2. The molecule has 2 aromatic carbocycles. The van der Waals surface area contributed by atoms with Gasteiger partial charge in [-0.25, -0.2) is 0 Å². The second kappa shape index (κ2) is 4.61. The summed E-state index contributed by atoms with van der Waals surface area (Å²) >= 11 is 0. The summed E-state index contributed by atoms with van der Waals surface area (Å²) in [6, 6.07) is 22.0. The zero-order valence-electron chi connectivity index (χ0n) is 11.7. The average Bonchev–Trinajstić information content (AvgIpc) is 2.94. The minimum atomic E-state index is 0.455. The van der Waals surface area contributed by atoms with E-state index in [1.165, 1.54) is 0 Å².